The number of ether oxygens (including phenoxy) is 1. The molecule has 35 heavy (non-hydrogen) atoms. The van der Waals surface area contributed by atoms with Crippen molar-refractivity contribution in [3.05, 3.63) is 95.1 Å². The predicted octanol–water partition coefficient (Wildman–Crippen LogP) is 5.88. The van der Waals surface area contributed by atoms with Crippen molar-refractivity contribution in [3.8, 4) is 5.75 Å². The van der Waals surface area contributed by atoms with E-state index in [0.29, 0.717) is 28.6 Å². The molecule has 1 atom stereocenters. The number of aryl methyl sites for hydroxylation is 1. The van der Waals surface area contributed by atoms with Gasteiger partial charge >= 0.3 is 5.91 Å². The third-order valence-corrected chi connectivity index (χ3v) is 7.07. The van der Waals surface area contributed by atoms with Gasteiger partial charge in [0.2, 0.25) is 0 Å². The number of nitrogens with zero attached hydrogens (tertiary/aromatic N) is 2. The highest BCUT2D eigenvalue weighted by Gasteiger charge is 2.48. The number of aliphatic hydroxyl groups is 1. The summed E-state index contributed by atoms with van der Waals surface area (Å²) in [5.41, 5.74) is 3.12. The van der Waals surface area contributed by atoms with Gasteiger partial charge in [-0.3, -0.25) is 14.5 Å². The van der Waals surface area contributed by atoms with E-state index in [0.717, 1.165) is 16.6 Å². The molecule has 1 aliphatic heterocycles. The number of rotatable bonds is 6. The zero-order valence-corrected chi connectivity index (χ0v) is 20.2. The number of amides is 1. The van der Waals surface area contributed by atoms with Crippen LogP contribution in [-0.4, -0.2) is 28.4 Å². The molecule has 1 amide bonds. The molecular formula is C28H24N2O4S. The first-order valence-electron chi connectivity index (χ1n) is 11.5. The Bertz CT molecular complexity index is 1440. The molecule has 1 aliphatic rings. The zero-order chi connectivity index (χ0) is 24.5. The summed E-state index contributed by atoms with van der Waals surface area (Å²) in [6.07, 6.45) is 0.886. The minimum Gasteiger partial charge on any atom is -0.507 e. The van der Waals surface area contributed by atoms with Crippen LogP contribution in [0.25, 0.3) is 16.0 Å². The van der Waals surface area contributed by atoms with Crippen molar-refractivity contribution in [1.82, 2.24) is 4.98 Å². The lowest BCUT2D eigenvalue weighted by Crippen LogP contribution is -2.29. The van der Waals surface area contributed by atoms with E-state index in [1.54, 1.807) is 36.4 Å². The molecule has 0 radical (unpaired) electrons. The smallest absolute Gasteiger partial charge is 0.301 e. The second-order valence-corrected chi connectivity index (χ2v) is 9.20. The highest BCUT2D eigenvalue weighted by molar-refractivity contribution is 7.22. The average Bonchev–Trinajstić information content (AvgIpc) is 3.42. The molecule has 1 N–H and O–H groups in total. The fourth-order valence-electron chi connectivity index (χ4n) is 4.29. The second-order valence-electron chi connectivity index (χ2n) is 8.19. The molecule has 2 heterocycles. The number of carbonyl (C=O) groups is 2. The Hall–Kier alpha value is -3.97. The lowest BCUT2D eigenvalue weighted by Gasteiger charge is -2.23. The van der Waals surface area contributed by atoms with Crippen LogP contribution in [0, 0.1) is 0 Å². The Labute approximate surface area is 207 Å². The highest BCUT2D eigenvalue weighted by atomic mass is 32.1. The summed E-state index contributed by atoms with van der Waals surface area (Å²) in [5.74, 6) is -0.974. The molecule has 6 nitrogen and oxygen atoms in total. The first-order valence-corrected chi connectivity index (χ1v) is 12.3. The van der Waals surface area contributed by atoms with Gasteiger partial charge in [0.1, 0.15) is 11.5 Å². The molecule has 0 saturated carbocycles. The number of hydrogen-bond donors (Lipinski definition) is 1. The van der Waals surface area contributed by atoms with Crippen LogP contribution in [0.5, 0.6) is 5.75 Å². The lowest BCUT2D eigenvalue weighted by molar-refractivity contribution is -0.132. The quantitative estimate of drug-likeness (QED) is 0.210. The van der Waals surface area contributed by atoms with Gasteiger partial charge in [-0.05, 0) is 48.7 Å². The van der Waals surface area contributed by atoms with Gasteiger partial charge in [0.25, 0.3) is 5.78 Å². The number of thiazole rings is 1. The summed E-state index contributed by atoms with van der Waals surface area (Å²) in [4.78, 5) is 32.8. The number of hydrogen-bond acceptors (Lipinski definition) is 6. The van der Waals surface area contributed by atoms with Gasteiger partial charge in [-0.15, -0.1) is 0 Å². The second kappa shape index (κ2) is 9.35. The zero-order valence-electron chi connectivity index (χ0n) is 19.4. The number of fused-ring (bicyclic) bond motifs is 1. The van der Waals surface area contributed by atoms with E-state index in [1.807, 2.05) is 37.3 Å². The number of aliphatic hydroxyl groups excluding tert-OH is 1. The molecule has 0 spiro atoms. The molecule has 1 aromatic heterocycles. The number of benzene rings is 3. The third-order valence-electron chi connectivity index (χ3n) is 6.05. The van der Waals surface area contributed by atoms with Gasteiger partial charge in [-0.1, -0.05) is 66.8 Å². The molecule has 3 aromatic carbocycles. The Morgan fingerprint density at radius 1 is 1.03 bits per heavy atom. The van der Waals surface area contributed by atoms with Crippen LogP contribution in [0.2, 0.25) is 0 Å². The molecule has 1 fully saturated rings. The minimum atomic E-state index is -0.822. The van der Waals surface area contributed by atoms with Crippen molar-refractivity contribution in [2.24, 2.45) is 0 Å². The summed E-state index contributed by atoms with van der Waals surface area (Å²) in [6, 6.07) is 21.2. The fourth-order valence-corrected chi connectivity index (χ4v) is 5.35. The average molecular weight is 485 g/mol. The summed E-state index contributed by atoms with van der Waals surface area (Å²) >= 11 is 1.36. The Morgan fingerprint density at radius 2 is 1.77 bits per heavy atom. The van der Waals surface area contributed by atoms with Crippen LogP contribution in [0.1, 0.15) is 36.6 Å². The summed E-state index contributed by atoms with van der Waals surface area (Å²) in [5, 5.41) is 11.6. The molecule has 5 rings (SSSR count). The first-order chi connectivity index (χ1) is 17.0. The van der Waals surface area contributed by atoms with E-state index >= 15 is 0 Å². The van der Waals surface area contributed by atoms with Gasteiger partial charge < -0.3 is 9.84 Å². The maximum atomic E-state index is 13.4. The molecule has 7 heteroatoms. The van der Waals surface area contributed by atoms with E-state index < -0.39 is 17.7 Å². The maximum absolute atomic E-state index is 13.4. The van der Waals surface area contributed by atoms with E-state index in [2.05, 4.69) is 18.0 Å². The molecule has 0 bridgehead atoms. The third kappa shape index (κ3) is 4.08. The largest absolute Gasteiger partial charge is 0.507 e. The number of ketones is 1. The Morgan fingerprint density at radius 3 is 2.46 bits per heavy atom. The number of Topliss-reactive ketones (excluding diaryl/α,β-unsaturated/α-hetero) is 1. The van der Waals surface area contributed by atoms with Crippen molar-refractivity contribution in [2.45, 2.75) is 26.3 Å². The molecule has 1 unspecified atom stereocenters. The van der Waals surface area contributed by atoms with Gasteiger partial charge in [-0.2, -0.15) is 0 Å². The summed E-state index contributed by atoms with van der Waals surface area (Å²) < 4.78 is 6.50. The normalized spacial score (nSPS) is 17.3. The Kier molecular flexibility index (Phi) is 6.09. The van der Waals surface area contributed by atoms with Crippen molar-refractivity contribution < 1.29 is 19.4 Å². The monoisotopic (exact) mass is 484 g/mol. The SMILES string of the molecule is CCOc1ccc(C2/C(=C(\O)c3ccccc3)C(=O)C(=O)N2c2nc3ccc(CC)cc3s2)cc1. The number of anilines is 1. The van der Waals surface area contributed by atoms with Crippen LogP contribution >= 0.6 is 11.3 Å². The molecule has 176 valence electrons. The van der Waals surface area contributed by atoms with Crippen LogP contribution in [0.3, 0.4) is 0 Å². The van der Waals surface area contributed by atoms with Crippen LogP contribution in [0.15, 0.2) is 78.4 Å². The number of carbonyl (C=O) groups excluding carboxylic acids is 2. The van der Waals surface area contributed by atoms with Crippen molar-refractivity contribution >= 4 is 44.1 Å². The van der Waals surface area contributed by atoms with E-state index in [-0.39, 0.29) is 11.3 Å². The maximum Gasteiger partial charge on any atom is 0.301 e. The van der Waals surface area contributed by atoms with Crippen LogP contribution in [0.4, 0.5) is 5.13 Å². The van der Waals surface area contributed by atoms with E-state index in [4.69, 9.17) is 4.74 Å². The van der Waals surface area contributed by atoms with E-state index in [1.165, 1.54) is 21.8 Å². The first kappa shape index (κ1) is 22.8. The summed E-state index contributed by atoms with van der Waals surface area (Å²) in [7, 11) is 0. The molecule has 1 saturated heterocycles. The van der Waals surface area contributed by atoms with Gasteiger partial charge in [0, 0.05) is 5.56 Å². The number of aromatic nitrogens is 1. The molecular weight excluding hydrogens is 460 g/mol. The molecule has 0 aliphatic carbocycles. The highest BCUT2D eigenvalue weighted by Crippen LogP contribution is 2.44. The van der Waals surface area contributed by atoms with Gasteiger partial charge in [-0.25, -0.2) is 4.98 Å². The van der Waals surface area contributed by atoms with Gasteiger partial charge in [0.15, 0.2) is 5.13 Å². The fraction of sp³-hybridized carbons (Fsp3) is 0.179. The van der Waals surface area contributed by atoms with Crippen molar-refractivity contribution in [3.63, 3.8) is 0 Å². The minimum absolute atomic E-state index is 0.0406. The van der Waals surface area contributed by atoms with E-state index in [9.17, 15) is 14.7 Å². The van der Waals surface area contributed by atoms with Crippen molar-refractivity contribution in [1.29, 1.82) is 0 Å². The Balaban J connectivity index is 1.69. The lowest BCUT2D eigenvalue weighted by atomic mass is 9.95. The van der Waals surface area contributed by atoms with Crippen molar-refractivity contribution in [2.75, 3.05) is 11.5 Å². The van der Waals surface area contributed by atoms with Gasteiger partial charge in [0.05, 0.1) is 28.4 Å². The predicted molar refractivity (Wildman–Crippen MR) is 138 cm³/mol. The summed E-state index contributed by atoms with van der Waals surface area (Å²) in [6.45, 7) is 4.51. The topological polar surface area (TPSA) is 79.7 Å². The van der Waals surface area contributed by atoms with Crippen LogP contribution < -0.4 is 9.64 Å². The standard InChI is InChI=1S/C28H24N2O4S/c1-3-17-10-15-21-22(16-17)35-28(29-21)30-24(18-11-13-20(14-12-18)34-4-2)23(26(32)27(30)33)25(31)19-8-6-5-7-9-19/h5-16,24,31H,3-4H2,1-2H3/b25-23+. The van der Waals surface area contributed by atoms with Crippen LogP contribution in [-0.2, 0) is 16.0 Å². The molecule has 4 aromatic rings.